The molecule has 0 unspecified atom stereocenters. The van der Waals surface area contributed by atoms with E-state index in [-0.39, 0.29) is 28.0 Å². The smallest absolute Gasteiger partial charge is 0.228 e. The summed E-state index contributed by atoms with van der Waals surface area (Å²) in [5.41, 5.74) is 1.94. The van der Waals surface area contributed by atoms with Crippen molar-refractivity contribution in [3.63, 3.8) is 0 Å². The highest BCUT2D eigenvalue weighted by Crippen LogP contribution is 2.40. The zero-order valence-corrected chi connectivity index (χ0v) is 19.5. The van der Waals surface area contributed by atoms with Crippen LogP contribution in [-0.2, 0) is 0 Å². The minimum absolute atomic E-state index is 0.0207. The van der Waals surface area contributed by atoms with E-state index in [0.717, 1.165) is 12.1 Å². The predicted octanol–water partition coefficient (Wildman–Crippen LogP) is 7.42. The van der Waals surface area contributed by atoms with Gasteiger partial charge in [0.2, 0.25) is 5.89 Å². The van der Waals surface area contributed by atoms with Crippen molar-refractivity contribution in [1.29, 1.82) is 0 Å². The van der Waals surface area contributed by atoms with Crippen LogP contribution in [0.3, 0.4) is 0 Å². The topological polar surface area (TPSA) is 67.9 Å². The van der Waals surface area contributed by atoms with Crippen LogP contribution in [0, 0.1) is 11.6 Å². The molecule has 0 amide bonds. The molecule has 0 saturated heterocycles. The van der Waals surface area contributed by atoms with Gasteiger partial charge in [-0.1, -0.05) is 11.6 Å². The van der Waals surface area contributed by atoms with Gasteiger partial charge in [0, 0.05) is 15.2 Å². The minimum Gasteiger partial charge on any atom is -0.504 e. The lowest BCUT2D eigenvalue weighted by Crippen LogP contribution is -1.91. The number of fused-ring (bicyclic) bond motifs is 1. The second-order valence-electron chi connectivity index (χ2n) is 6.31. The van der Waals surface area contributed by atoms with E-state index in [9.17, 15) is 13.9 Å². The van der Waals surface area contributed by atoms with Gasteiger partial charge in [-0.3, -0.25) is 4.99 Å². The number of benzene rings is 3. The molecule has 1 N–H and O–H groups in total. The Morgan fingerprint density at radius 3 is 2.65 bits per heavy atom. The van der Waals surface area contributed by atoms with Gasteiger partial charge in [-0.2, -0.15) is 0 Å². The van der Waals surface area contributed by atoms with Gasteiger partial charge < -0.3 is 14.3 Å². The Morgan fingerprint density at radius 2 is 1.90 bits per heavy atom. The van der Waals surface area contributed by atoms with Crippen LogP contribution >= 0.6 is 43.5 Å². The minimum atomic E-state index is -1.06. The Balaban J connectivity index is 1.72. The first kappa shape index (κ1) is 21.7. The third-order valence-electron chi connectivity index (χ3n) is 4.37. The average molecular weight is 573 g/mol. The SMILES string of the molecule is COc1cc(Br)c(Br)c(C=Nc2ccc3oc(-c4cc(F)c(F)cc4Cl)nc3c2)c1O. The van der Waals surface area contributed by atoms with Crippen molar-refractivity contribution in [3.05, 3.63) is 67.6 Å². The van der Waals surface area contributed by atoms with E-state index in [0.29, 0.717) is 31.3 Å². The summed E-state index contributed by atoms with van der Waals surface area (Å²) >= 11 is 12.8. The molecule has 31 heavy (non-hydrogen) atoms. The zero-order chi connectivity index (χ0) is 22.3. The number of aromatic hydroxyl groups is 1. The largest absolute Gasteiger partial charge is 0.504 e. The summed E-state index contributed by atoms with van der Waals surface area (Å²) in [5.74, 6) is -1.84. The molecule has 0 fully saturated rings. The van der Waals surface area contributed by atoms with E-state index in [2.05, 4.69) is 41.8 Å². The first-order valence-corrected chi connectivity index (χ1v) is 10.6. The van der Waals surface area contributed by atoms with Crippen LogP contribution in [0.1, 0.15) is 5.56 Å². The molecular weight excluding hydrogens is 561 g/mol. The molecule has 0 radical (unpaired) electrons. The van der Waals surface area contributed by atoms with Crippen molar-refractivity contribution in [3.8, 4) is 23.0 Å². The molecule has 0 atom stereocenters. The fraction of sp³-hybridized carbons (Fsp3) is 0.0476. The molecule has 0 aliphatic carbocycles. The maximum atomic E-state index is 13.6. The second-order valence-corrected chi connectivity index (χ2v) is 8.37. The van der Waals surface area contributed by atoms with Gasteiger partial charge in [0.1, 0.15) is 5.52 Å². The quantitative estimate of drug-likeness (QED) is 0.204. The first-order chi connectivity index (χ1) is 14.8. The number of aromatic nitrogens is 1. The van der Waals surface area contributed by atoms with Crippen LogP contribution in [0.2, 0.25) is 5.02 Å². The number of aliphatic imine (C=N–C) groups is 1. The number of rotatable bonds is 4. The number of phenols is 1. The molecule has 3 aromatic carbocycles. The highest BCUT2D eigenvalue weighted by molar-refractivity contribution is 9.13. The molecular formula is C21H11Br2ClF2N2O3. The van der Waals surface area contributed by atoms with E-state index in [4.69, 9.17) is 20.8 Å². The molecule has 1 heterocycles. The van der Waals surface area contributed by atoms with Crippen molar-refractivity contribution in [2.45, 2.75) is 0 Å². The van der Waals surface area contributed by atoms with Crippen LogP contribution in [0.25, 0.3) is 22.6 Å². The van der Waals surface area contributed by atoms with Gasteiger partial charge in [-0.05, 0) is 68.3 Å². The molecule has 0 saturated carbocycles. The lowest BCUT2D eigenvalue weighted by Gasteiger charge is -2.09. The highest BCUT2D eigenvalue weighted by atomic mass is 79.9. The van der Waals surface area contributed by atoms with Crippen molar-refractivity contribution in [1.82, 2.24) is 4.98 Å². The Kier molecular flexibility index (Phi) is 6.00. The number of methoxy groups -OCH3 is 1. The number of oxazole rings is 1. The summed E-state index contributed by atoms with van der Waals surface area (Å²) in [7, 11) is 1.45. The highest BCUT2D eigenvalue weighted by Gasteiger charge is 2.17. The monoisotopic (exact) mass is 570 g/mol. The maximum Gasteiger partial charge on any atom is 0.228 e. The van der Waals surface area contributed by atoms with Gasteiger partial charge in [0.15, 0.2) is 28.7 Å². The molecule has 0 aliphatic rings. The summed E-state index contributed by atoms with van der Waals surface area (Å²) in [6, 6.07) is 8.40. The van der Waals surface area contributed by atoms with Crippen LogP contribution in [0.5, 0.6) is 11.5 Å². The Hall–Kier alpha value is -2.49. The van der Waals surface area contributed by atoms with E-state index >= 15 is 0 Å². The summed E-state index contributed by atoms with van der Waals surface area (Å²) < 4.78 is 39.0. The van der Waals surface area contributed by atoms with E-state index in [1.165, 1.54) is 13.3 Å². The molecule has 4 rings (SSSR count). The number of nitrogens with zero attached hydrogens (tertiary/aromatic N) is 2. The normalized spacial score (nSPS) is 11.5. The molecule has 0 bridgehead atoms. The van der Waals surface area contributed by atoms with Crippen molar-refractivity contribution in [2.75, 3.05) is 7.11 Å². The van der Waals surface area contributed by atoms with E-state index in [1.807, 2.05) is 0 Å². The first-order valence-electron chi connectivity index (χ1n) is 8.63. The fourth-order valence-corrected chi connectivity index (χ4v) is 3.88. The van der Waals surface area contributed by atoms with Gasteiger partial charge >= 0.3 is 0 Å². The summed E-state index contributed by atoms with van der Waals surface area (Å²) in [4.78, 5) is 8.69. The summed E-state index contributed by atoms with van der Waals surface area (Å²) in [6.45, 7) is 0. The predicted molar refractivity (Wildman–Crippen MR) is 122 cm³/mol. The standard InChI is InChI=1S/C21H11Br2ClF2N2O3/c1-30-18-6-12(22)19(23)11(20(18)29)8-27-9-2-3-17-16(4-9)28-21(31-17)10-5-14(25)15(26)7-13(10)24/h2-8,29H,1H3. The number of phenolic OH excluding ortho intramolecular Hbond substituents is 1. The molecule has 10 heteroatoms. The van der Waals surface area contributed by atoms with Crippen LogP contribution in [-0.4, -0.2) is 23.4 Å². The van der Waals surface area contributed by atoms with Gasteiger partial charge in [-0.25, -0.2) is 13.8 Å². The van der Waals surface area contributed by atoms with Crippen molar-refractivity contribution >= 4 is 66.5 Å². The van der Waals surface area contributed by atoms with E-state index < -0.39 is 11.6 Å². The van der Waals surface area contributed by atoms with Crippen LogP contribution in [0.15, 0.2) is 54.8 Å². The lowest BCUT2D eigenvalue weighted by atomic mass is 10.2. The van der Waals surface area contributed by atoms with Gasteiger partial charge in [0.05, 0.1) is 28.9 Å². The number of halogens is 5. The third-order valence-corrected chi connectivity index (χ3v) is 6.69. The molecule has 0 aliphatic heterocycles. The number of hydrogen-bond acceptors (Lipinski definition) is 5. The van der Waals surface area contributed by atoms with Crippen molar-refractivity contribution in [2.24, 2.45) is 4.99 Å². The summed E-state index contributed by atoms with van der Waals surface area (Å²) in [6.07, 6.45) is 1.47. The average Bonchev–Trinajstić information content (AvgIpc) is 3.16. The molecule has 5 nitrogen and oxygen atoms in total. The molecule has 1 aromatic heterocycles. The molecule has 158 valence electrons. The van der Waals surface area contributed by atoms with Crippen LogP contribution in [0.4, 0.5) is 14.5 Å². The molecule has 4 aromatic rings. The summed E-state index contributed by atoms with van der Waals surface area (Å²) in [5, 5.41) is 10.4. The molecule has 0 spiro atoms. The third kappa shape index (κ3) is 4.17. The maximum absolute atomic E-state index is 13.6. The van der Waals surface area contributed by atoms with Gasteiger partial charge in [-0.15, -0.1) is 0 Å². The number of ether oxygens (including phenoxy) is 1. The lowest BCUT2D eigenvalue weighted by molar-refractivity contribution is 0.372. The number of hydrogen-bond donors (Lipinski definition) is 1. The fourth-order valence-electron chi connectivity index (χ4n) is 2.82. The van der Waals surface area contributed by atoms with Crippen LogP contribution < -0.4 is 4.74 Å². The Bertz CT molecular complexity index is 1360. The van der Waals surface area contributed by atoms with Crippen molar-refractivity contribution < 1.29 is 23.0 Å². The van der Waals surface area contributed by atoms with Gasteiger partial charge in [0.25, 0.3) is 0 Å². The second kappa shape index (κ2) is 8.57. The zero-order valence-electron chi connectivity index (χ0n) is 15.6. The Labute approximate surface area is 196 Å². The van der Waals surface area contributed by atoms with E-state index in [1.54, 1.807) is 24.3 Å². The Morgan fingerprint density at radius 1 is 1.16 bits per heavy atom.